The number of benzene rings is 3. The van der Waals surface area contributed by atoms with E-state index in [9.17, 15) is 45.8 Å². The minimum absolute atomic E-state index is 0. The molecule has 0 aliphatic rings. The van der Waals surface area contributed by atoms with Gasteiger partial charge in [-0.15, -0.1) is 0 Å². The first-order valence-electron chi connectivity index (χ1n) is 13.2. The summed E-state index contributed by atoms with van der Waals surface area (Å²) in [6.45, 7) is -5.43. The molecule has 0 fully saturated rings. The average Bonchev–Trinajstić information content (AvgIpc) is 3.01. The molecule has 2 atom stereocenters. The second-order valence-corrected chi connectivity index (χ2v) is 8.96. The van der Waals surface area contributed by atoms with Crippen molar-refractivity contribution in [1.29, 1.82) is 0 Å². The molecule has 3 rings (SSSR count). The number of carbonyl (C=O) groups is 3. The first-order valence-corrected chi connectivity index (χ1v) is 13.2. The number of carbonyl (C=O) groups excluding carboxylic acids is 3. The standard InChI is InChI=1S/C11H12F2O3.2C10H10F2O3.Li/c1-7(10(14)15-2)8-3-5-9(6-4-8)16-11(12)13;1-14-9(13)6-7-2-4-8(5-3-7)15-10(11)12;1-6(9(13)14)7-2-4-8(5-3-7)15-10(11)12;/h3-7,11H,1-2H3;2-5,10H,6H2,1H3;2-6,10H,1H3,(H,13,14);/q;;;+1/p-1. The van der Waals surface area contributed by atoms with Gasteiger partial charge in [0.25, 0.3) is 0 Å². The van der Waals surface area contributed by atoms with Gasteiger partial charge < -0.3 is 33.6 Å². The van der Waals surface area contributed by atoms with Gasteiger partial charge in [-0.1, -0.05) is 43.3 Å². The molecule has 0 bridgehead atoms. The van der Waals surface area contributed by atoms with E-state index < -0.39 is 37.6 Å². The minimum Gasteiger partial charge on any atom is -0.550 e. The average molecular weight is 669 g/mol. The van der Waals surface area contributed by atoms with Gasteiger partial charge in [0.2, 0.25) is 0 Å². The van der Waals surface area contributed by atoms with Gasteiger partial charge in [-0.3, -0.25) is 9.59 Å². The van der Waals surface area contributed by atoms with E-state index in [-0.39, 0.29) is 54.5 Å². The normalized spacial score (nSPS) is 11.4. The quantitative estimate of drug-likeness (QED) is 0.163. The zero-order valence-corrected chi connectivity index (χ0v) is 26.0. The van der Waals surface area contributed by atoms with Crippen LogP contribution in [-0.4, -0.2) is 52.0 Å². The fourth-order valence-electron chi connectivity index (χ4n) is 3.35. The van der Waals surface area contributed by atoms with E-state index in [1.807, 2.05) is 0 Å². The van der Waals surface area contributed by atoms with Crippen LogP contribution < -0.4 is 38.2 Å². The second kappa shape index (κ2) is 22.2. The smallest absolute Gasteiger partial charge is 0.550 e. The van der Waals surface area contributed by atoms with Crippen LogP contribution in [0.25, 0.3) is 0 Å². The van der Waals surface area contributed by atoms with Crippen molar-refractivity contribution in [2.75, 3.05) is 14.2 Å². The summed E-state index contributed by atoms with van der Waals surface area (Å²) in [4.78, 5) is 32.6. The Morgan fingerprint density at radius 3 is 1.23 bits per heavy atom. The summed E-state index contributed by atoms with van der Waals surface area (Å²) in [5.41, 5.74) is 1.86. The Morgan fingerprint density at radius 1 is 0.596 bits per heavy atom. The van der Waals surface area contributed by atoms with E-state index in [2.05, 4.69) is 23.7 Å². The minimum atomic E-state index is -2.88. The van der Waals surface area contributed by atoms with E-state index in [1.54, 1.807) is 19.1 Å². The van der Waals surface area contributed by atoms with Crippen LogP contribution in [0.2, 0.25) is 0 Å². The Morgan fingerprint density at radius 2 is 0.936 bits per heavy atom. The number of aliphatic carboxylic acids is 1. The van der Waals surface area contributed by atoms with Gasteiger partial charge in [-0.2, -0.15) is 26.3 Å². The van der Waals surface area contributed by atoms with Crippen LogP contribution in [-0.2, 0) is 30.3 Å². The first kappa shape index (κ1) is 42.6. The molecule has 252 valence electrons. The zero-order chi connectivity index (χ0) is 34.8. The molecule has 0 spiro atoms. The van der Waals surface area contributed by atoms with Gasteiger partial charge >= 0.3 is 50.6 Å². The molecule has 9 nitrogen and oxygen atoms in total. The summed E-state index contributed by atoms with van der Waals surface area (Å²) in [5.74, 6) is -3.03. The molecule has 0 saturated heterocycles. The molecular formula is C31H31F6LiO9. The van der Waals surface area contributed by atoms with Crippen LogP contribution in [0.5, 0.6) is 17.2 Å². The summed E-state index contributed by atoms with van der Waals surface area (Å²) in [7, 11) is 2.59. The van der Waals surface area contributed by atoms with Crippen molar-refractivity contribution in [3.63, 3.8) is 0 Å². The third-order valence-electron chi connectivity index (χ3n) is 5.84. The maximum absolute atomic E-state index is 11.9. The van der Waals surface area contributed by atoms with E-state index in [1.165, 1.54) is 81.8 Å². The molecule has 16 heteroatoms. The van der Waals surface area contributed by atoms with Gasteiger partial charge in [0.1, 0.15) is 17.2 Å². The Kier molecular flexibility index (Phi) is 20.2. The molecule has 2 unspecified atom stereocenters. The molecule has 3 aromatic rings. The predicted octanol–water partition coefficient (Wildman–Crippen LogP) is 2.71. The topological polar surface area (TPSA) is 120 Å². The number of carboxylic acids is 1. The summed E-state index contributed by atoms with van der Waals surface area (Å²) in [5, 5.41) is 10.5. The molecule has 47 heavy (non-hydrogen) atoms. The van der Waals surface area contributed by atoms with Crippen LogP contribution in [0.3, 0.4) is 0 Å². The molecule has 0 saturated carbocycles. The number of hydrogen-bond acceptors (Lipinski definition) is 9. The van der Waals surface area contributed by atoms with Crippen LogP contribution in [0.15, 0.2) is 72.8 Å². The Balaban J connectivity index is 0.000000669. The number of hydrogen-bond donors (Lipinski definition) is 0. The van der Waals surface area contributed by atoms with E-state index in [0.717, 1.165) is 0 Å². The summed E-state index contributed by atoms with van der Waals surface area (Å²) < 4.78 is 92.4. The SMILES string of the molecule is CC(C(=O)[O-])c1ccc(OC(F)F)cc1.COC(=O)C(C)c1ccc(OC(F)F)cc1.COC(=O)Cc1ccc(OC(F)F)cc1.[Li+]. The number of ether oxygens (including phenoxy) is 5. The Bertz CT molecular complexity index is 1340. The van der Waals surface area contributed by atoms with Gasteiger partial charge in [0.15, 0.2) is 0 Å². The third-order valence-corrected chi connectivity index (χ3v) is 5.84. The van der Waals surface area contributed by atoms with Gasteiger partial charge in [0.05, 0.1) is 26.6 Å². The fraction of sp³-hybridized carbons (Fsp3) is 0.323. The number of esters is 2. The van der Waals surface area contributed by atoms with Crippen molar-refractivity contribution < 1.29 is 88.4 Å². The van der Waals surface area contributed by atoms with Crippen molar-refractivity contribution in [3.05, 3.63) is 89.5 Å². The first-order chi connectivity index (χ1) is 21.7. The maximum Gasteiger partial charge on any atom is 1.00 e. The Hall–Kier alpha value is -4.35. The van der Waals surface area contributed by atoms with E-state index in [0.29, 0.717) is 16.7 Å². The zero-order valence-electron chi connectivity index (χ0n) is 26.0. The van der Waals surface area contributed by atoms with Gasteiger partial charge in [-0.05, 0) is 60.0 Å². The summed E-state index contributed by atoms with van der Waals surface area (Å²) >= 11 is 0. The van der Waals surface area contributed by atoms with Crippen molar-refractivity contribution in [1.82, 2.24) is 0 Å². The maximum atomic E-state index is 11.9. The molecule has 0 heterocycles. The van der Waals surface area contributed by atoms with Gasteiger partial charge in [-0.25, -0.2) is 0 Å². The van der Waals surface area contributed by atoms with Crippen molar-refractivity contribution in [3.8, 4) is 17.2 Å². The molecule has 0 aliphatic carbocycles. The van der Waals surface area contributed by atoms with Crippen LogP contribution >= 0.6 is 0 Å². The molecule has 0 aliphatic heterocycles. The summed E-state index contributed by atoms with van der Waals surface area (Å²) in [6.07, 6.45) is 0.117. The van der Waals surface area contributed by atoms with Crippen molar-refractivity contribution in [2.24, 2.45) is 0 Å². The molecule has 0 aromatic heterocycles. The van der Waals surface area contributed by atoms with E-state index in [4.69, 9.17) is 0 Å². The molecule has 0 amide bonds. The van der Waals surface area contributed by atoms with Crippen LogP contribution in [0.1, 0.15) is 42.4 Å². The molecule has 3 aromatic carbocycles. The number of rotatable bonds is 12. The van der Waals surface area contributed by atoms with Crippen molar-refractivity contribution in [2.45, 2.75) is 51.9 Å². The van der Waals surface area contributed by atoms with Crippen molar-refractivity contribution >= 4 is 17.9 Å². The Labute approximate surface area is 278 Å². The molecule has 0 radical (unpaired) electrons. The number of methoxy groups -OCH3 is 2. The van der Waals surface area contributed by atoms with E-state index >= 15 is 0 Å². The number of carboxylic acid groups (broad SMARTS) is 1. The third kappa shape index (κ3) is 17.2. The summed E-state index contributed by atoms with van der Waals surface area (Å²) in [6, 6.07) is 17.1. The number of halogens is 6. The van der Waals surface area contributed by atoms with Crippen LogP contribution in [0, 0.1) is 0 Å². The molecule has 0 N–H and O–H groups in total. The number of alkyl halides is 6. The monoisotopic (exact) mass is 668 g/mol. The van der Waals surface area contributed by atoms with Crippen LogP contribution in [0.4, 0.5) is 26.3 Å². The fourth-order valence-corrected chi connectivity index (χ4v) is 3.35. The van der Waals surface area contributed by atoms with Gasteiger partial charge in [0, 0.05) is 11.9 Å². The largest absolute Gasteiger partial charge is 1.00 e. The predicted molar refractivity (Wildman–Crippen MR) is 149 cm³/mol. The molecular weight excluding hydrogens is 637 g/mol. The second-order valence-electron chi connectivity index (χ2n) is 8.96.